The molecule has 0 aromatic heterocycles. The Hall–Kier alpha value is -3.97. The molecule has 3 aromatic carbocycles. The zero-order valence-corrected chi connectivity index (χ0v) is 25.4. The Bertz CT molecular complexity index is 1370. The second kappa shape index (κ2) is 13.8. The van der Waals surface area contributed by atoms with E-state index in [2.05, 4.69) is 35.2 Å². The van der Waals surface area contributed by atoms with Crippen LogP contribution in [0, 0.1) is 0 Å². The van der Waals surface area contributed by atoms with Crippen LogP contribution in [0.4, 0.5) is 0 Å². The van der Waals surface area contributed by atoms with Crippen molar-refractivity contribution in [3.63, 3.8) is 0 Å². The van der Waals surface area contributed by atoms with Gasteiger partial charge in [-0.1, -0.05) is 42.5 Å². The second-order valence-electron chi connectivity index (χ2n) is 12.1. The highest BCUT2D eigenvalue weighted by Crippen LogP contribution is 2.24. The summed E-state index contributed by atoms with van der Waals surface area (Å²) in [6.07, 6.45) is 3.06. The van der Waals surface area contributed by atoms with Gasteiger partial charge >= 0.3 is 5.97 Å². The van der Waals surface area contributed by atoms with Gasteiger partial charge in [-0.2, -0.15) is 0 Å². The number of amides is 2. The van der Waals surface area contributed by atoms with E-state index in [9.17, 15) is 14.4 Å². The highest BCUT2D eigenvalue weighted by atomic mass is 16.6. The number of ether oxygens (including phenoxy) is 2. The Balaban J connectivity index is 1.43. The Morgan fingerprint density at radius 2 is 1.31 bits per heavy atom. The molecule has 7 nitrogen and oxygen atoms in total. The van der Waals surface area contributed by atoms with E-state index in [1.54, 1.807) is 24.3 Å². The van der Waals surface area contributed by atoms with Crippen LogP contribution in [-0.2, 0) is 35.2 Å². The highest BCUT2D eigenvalue weighted by Gasteiger charge is 2.34. The summed E-state index contributed by atoms with van der Waals surface area (Å²) >= 11 is 0. The van der Waals surface area contributed by atoms with Crippen molar-refractivity contribution in [2.24, 2.45) is 0 Å². The number of esters is 1. The SMILES string of the molecule is CN(C)CCOc1ccc(CCc2cc(CCC(=O)OC(C)(C)C)cc(CCN3C(=O)c4ccccc4C3=O)c2)cc1. The maximum Gasteiger partial charge on any atom is 0.306 e. The van der Waals surface area contributed by atoms with Gasteiger partial charge in [0, 0.05) is 19.5 Å². The summed E-state index contributed by atoms with van der Waals surface area (Å²) in [5, 5.41) is 0. The average Bonchev–Trinajstić information content (AvgIpc) is 3.18. The number of carbonyl (C=O) groups excluding carboxylic acids is 3. The number of carbonyl (C=O) groups is 3. The lowest BCUT2D eigenvalue weighted by Gasteiger charge is -2.19. The fourth-order valence-corrected chi connectivity index (χ4v) is 4.98. The third-order valence-corrected chi connectivity index (χ3v) is 7.09. The summed E-state index contributed by atoms with van der Waals surface area (Å²) in [7, 11) is 4.05. The van der Waals surface area contributed by atoms with Gasteiger partial charge in [-0.05, 0) is 107 Å². The predicted octanol–water partition coefficient (Wildman–Crippen LogP) is 5.53. The van der Waals surface area contributed by atoms with Crippen LogP contribution in [0.2, 0.25) is 0 Å². The Morgan fingerprint density at radius 1 is 0.762 bits per heavy atom. The van der Waals surface area contributed by atoms with Crippen LogP contribution in [0.3, 0.4) is 0 Å². The molecule has 0 aliphatic carbocycles. The quantitative estimate of drug-likeness (QED) is 0.199. The van der Waals surface area contributed by atoms with Crippen LogP contribution in [0.25, 0.3) is 0 Å². The normalized spacial score (nSPS) is 13.0. The summed E-state index contributed by atoms with van der Waals surface area (Å²) in [5.74, 6) is 0.144. The molecule has 1 aliphatic rings. The highest BCUT2D eigenvalue weighted by molar-refractivity contribution is 6.21. The smallest absolute Gasteiger partial charge is 0.306 e. The lowest BCUT2D eigenvalue weighted by Crippen LogP contribution is -2.31. The summed E-state index contributed by atoms with van der Waals surface area (Å²) in [4.78, 5) is 41.6. The van der Waals surface area contributed by atoms with Crippen molar-refractivity contribution < 1.29 is 23.9 Å². The monoisotopic (exact) mass is 570 g/mol. The zero-order valence-electron chi connectivity index (χ0n) is 25.4. The van der Waals surface area contributed by atoms with Crippen molar-refractivity contribution in [3.8, 4) is 5.75 Å². The Labute approximate surface area is 249 Å². The zero-order chi connectivity index (χ0) is 30.3. The van der Waals surface area contributed by atoms with Crippen molar-refractivity contribution in [2.45, 2.75) is 58.5 Å². The van der Waals surface area contributed by atoms with Gasteiger partial charge in [0.2, 0.25) is 0 Å². The van der Waals surface area contributed by atoms with Crippen molar-refractivity contribution in [1.82, 2.24) is 9.80 Å². The van der Waals surface area contributed by atoms with E-state index in [1.165, 1.54) is 10.5 Å². The molecule has 2 amide bonds. The number of imide groups is 1. The third kappa shape index (κ3) is 8.76. The van der Waals surface area contributed by atoms with E-state index in [0.717, 1.165) is 41.8 Å². The van der Waals surface area contributed by atoms with Gasteiger partial charge in [-0.3, -0.25) is 19.3 Å². The summed E-state index contributed by atoms with van der Waals surface area (Å²) in [5.41, 5.74) is 4.84. The number of nitrogens with zero attached hydrogens (tertiary/aromatic N) is 2. The van der Waals surface area contributed by atoms with Crippen LogP contribution in [0.15, 0.2) is 66.7 Å². The van der Waals surface area contributed by atoms with E-state index in [-0.39, 0.29) is 24.2 Å². The summed E-state index contributed by atoms with van der Waals surface area (Å²) < 4.78 is 11.3. The number of rotatable bonds is 13. The van der Waals surface area contributed by atoms with Crippen molar-refractivity contribution in [2.75, 3.05) is 33.8 Å². The van der Waals surface area contributed by atoms with Gasteiger partial charge < -0.3 is 14.4 Å². The van der Waals surface area contributed by atoms with Crippen LogP contribution in [0.5, 0.6) is 5.75 Å². The number of fused-ring (bicyclic) bond motifs is 1. The fraction of sp³-hybridized carbons (Fsp3) is 0.400. The first-order valence-corrected chi connectivity index (χ1v) is 14.6. The van der Waals surface area contributed by atoms with Crippen molar-refractivity contribution >= 4 is 17.8 Å². The lowest BCUT2D eigenvalue weighted by molar-refractivity contribution is -0.154. The minimum Gasteiger partial charge on any atom is -0.492 e. The van der Waals surface area contributed by atoms with E-state index >= 15 is 0 Å². The molecule has 1 aliphatic heterocycles. The fourth-order valence-electron chi connectivity index (χ4n) is 4.98. The number of hydrogen-bond acceptors (Lipinski definition) is 6. The molecular weight excluding hydrogens is 528 g/mol. The number of likely N-dealkylation sites (N-methyl/N-ethyl adjacent to an activating group) is 1. The van der Waals surface area contributed by atoms with Gasteiger partial charge in [-0.25, -0.2) is 0 Å². The molecule has 4 rings (SSSR count). The molecule has 0 N–H and O–H groups in total. The van der Waals surface area contributed by atoms with Gasteiger partial charge in [0.25, 0.3) is 11.8 Å². The van der Waals surface area contributed by atoms with Crippen molar-refractivity contribution in [1.29, 1.82) is 0 Å². The molecule has 3 aromatic rings. The minimum absolute atomic E-state index is 0.228. The molecule has 7 heteroatoms. The molecule has 0 bridgehead atoms. The molecule has 0 fully saturated rings. The predicted molar refractivity (Wildman–Crippen MR) is 164 cm³/mol. The maximum atomic E-state index is 12.9. The molecular formula is C35H42N2O5. The standard InChI is InChI=1S/C35H42N2O5/c1-35(2,3)42-32(38)17-14-27-22-26(11-10-25-12-15-29(16-13-25)41-21-20-36(4)5)23-28(24-27)18-19-37-33(39)30-8-6-7-9-31(30)34(37)40/h6-9,12-13,15-16,22-24H,10-11,14,17-21H2,1-5H3. The van der Waals surface area contributed by atoms with E-state index in [1.807, 2.05) is 47.0 Å². The van der Waals surface area contributed by atoms with Crippen LogP contribution in [0.1, 0.15) is 70.2 Å². The van der Waals surface area contributed by atoms with E-state index in [4.69, 9.17) is 9.47 Å². The topological polar surface area (TPSA) is 76.2 Å². The van der Waals surface area contributed by atoms with Gasteiger partial charge in [0.05, 0.1) is 11.1 Å². The second-order valence-corrected chi connectivity index (χ2v) is 12.1. The van der Waals surface area contributed by atoms with E-state index in [0.29, 0.717) is 37.1 Å². The maximum absolute atomic E-state index is 12.9. The lowest BCUT2D eigenvalue weighted by atomic mass is 9.96. The molecule has 42 heavy (non-hydrogen) atoms. The van der Waals surface area contributed by atoms with Crippen molar-refractivity contribution in [3.05, 3.63) is 100 Å². The van der Waals surface area contributed by atoms with Crippen LogP contribution in [-0.4, -0.2) is 67.0 Å². The average molecular weight is 571 g/mol. The van der Waals surface area contributed by atoms with Crippen LogP contribution < -0.4 is 4.74 Å². The summed E-state index contributed by atoms with van der Waals surface area (Å²) in [6.45, 7) is 7.41. The number of hydrogen-bond donors (Lipinski definition) is 0. The van der Waals surface area contributed by atoms with Crippen LogP contribution >= 0.6 is 0 Å². The number of benzene rings is 3. The Morgan fingerprint density at radius 3 is 1.88 bits per heavy atom. The molecule has 0 unspecified atom stereocenters. The number of aryl methyl sites for hydroxylation is 3. The molecule has 0 spiro atoms. The minimum atomic E-state index is -0.524. The Kier molecular flexibility index (Phi) is 10.2. The van der Waals surface area contributed by atoms with Gasteiger partial charge in [-0.15, -0.1) is 0 Å². The van der Waals surface area contributed by atoms with Gasteiger partial charge in [0.1, 0.15) is 18.0 Å². The first-order valence-electron chi connectivity index (χ1n) is 14.6. The van der Waals surface area contributed by atoms with Gasteiger partial charge in [0.15, 0.2) is 0 Å². The first kappa shape index (κ1) is 31.0. The van der Waals surface area contributed by atoms with E-state index < -0.39 is 5.60 Å². The largest absolute Gasteiger partial charge is 0.492 e. The third-order valence-electron chi connectivity index (χ3n) is 7.09. The molecule has 0 atom stereocenters. The molecule has 1 heterocycles. The molecule has 0 radical (unpaired) electrons. The summed E-state index contributed by atoms with van der Waals surface area (Å²) in [6, 6.07) is 21.5. The molecule has 222 valence electrons. The first-order chi connectivity index (χ1) is 20.0. The molecule has 0 saturated heterocycles. The molecule has 0 saturated carbocycles.